The molecule has 1 atom stereocenters. The molecule has 0 aliphatic heterocycles. The fourth-order valence-corrected chi connectivity index (χ4v) is 1.14. The standard InChI is InChI=1S/C12H18FNO/c1-3-9(2)8-15-11-5-4-10(7-14)12(13)6-11/h4-6,9H,3,7-8,14H2,1-2H3. The van der Waals surface area contributed by atoms with E-state index in [0.717, 1.165) is 6.42 Å². The molecule has 0 spiro atoms. The lowest BCUT2D eigenvalue weighted by Gasteiger charge is -2.11. The van der Waals surface area contributed by atoms with Crippen LogP contribution in [0.15, 0.2) is 18.2 Å². The Morgan fingerprint density at radius 3 is 2.73 bits per heavy atom. The molecule has 1 rings (SSSR count). The van der Waals surface area contributed by atoms with Crippen LogP contribution in [0.1, 0.15) is 25.8 Å². The van der Waals surface area contributed by atoms with Gasteiger partial charge in [-0.25, -0.2) is 4.39 Å². The summed E-state index contributed by atoms with van der Waals surface area (Å²) in [6.45, 7) is 5.05. The maximum atomic E-state index is 13.3. The van der Waals surface area contributed by atoms with E-state index in [-0.39, 0.29) is 12.4 Å². The van der Waals surface area contributed by atoms with Crippen molar-refractivity contribution in [1.82, 2.24) is 0 Å². The molecule has 15 heavy (non-hydrogen) atoms. The second-order valence-corrected chi connectivity index (χ2v) is 3.78. The molecule has 0 fully saturated rings. The minimum Gasteiger partial charge on any atom is -0.493 e. The predicted molar refractivity (Wildman–Crippen MR) is 59.2 cm³/mol. The Bertz CT molecular complexity index is 314. The molecular weight excluding hydrogens is 193 g/mol. The lowest BCUT2D eigenvalue weighted by molar-refractivity contribution is 0.255. The first kappa shape index (κ1) is 12.0. The molecule has 1 aromatic carbocycles. The van der Waals surface area contributed by atoms with Crippen LogP contribution in [-0.2, 0) is 6.54 Å². The summed E-state index contributed by atoms with van der Waals surface area (Å²) in [6, 6.07) is 4.82. The largest absolute Gasteiger partial charge is 0.493 e. The molecule has 0 amide bonds. The second kappa shape index (κ2) is 5.71. The Labute approximate surface area is 90.2 Å². The Kier molecular flexibility index (Phi) is 4.56. The van der Waals surface area contributed by atoms with Crippen LogP contribution in [0.25, 0.3) is 0 Å². The van der Waals surface area contributed by atoms with Gasteiger partial charge in [-0.15, -0.1) is 0 Å². The summed E-state index contributed by atoms with van der Waals surface area (Å²) in [4.78, 5) is 0. The summed E-state index contributed by atoms with van der Waals surface area (Å²) in [6.07, 6.45) is 1.06. The van der Waals surface area contributed by atoms with Crippen molar-refractivity contribution in [2.24, 2.45) is 11.7 Å². The van der Waals surface area contributed by atoms with Gasteiger partial charge in [0.2, 0.25) is 0 Å². The molecule has 2 nitrogen and oxygen atoms in total. The third kappa shape index (κ3) is 3.51. The molecule has 2 N–H and O–H groups in total. The molecule has 0 saturated carbocycles. The number of halogens is 1. The van der Waals surface area contributed by atoms with Crippen molar-refractivity contribution in [3.63, 3.8) is 0 Å². The van der Waals surface area contributed by atoms with Crippen molar-refractivity contribution in [2.75, 3.05) is 6.61 Å². The Morgan fingerprint density at radius 2 is 2.20 bits per heavy atom. The molecule has 0 saturated heterocycles. The summed E-state index contributed by atoms with van der Waals surface area (Å²) < 4.78 is 18.8. The van der Waals surface area contributed by atoms with Crippen LogP contribution >= 0.6 is 0 Å². The number of nitrogens with two attached hydrogens (primary N) is 1. The first-order valence-electron chi connectivity index (χ1n) is 5.28. The monoisotopic (exact) mass is 211 g/mol. The summed E-state index contributed by atoms with van der Waals surface area (Å²) in [7, 11) is 0. The van der Waals surface area contributed by atoms with E-state index >= 15 is 0 Å². The van der Waals surface area contributed by atoms with Crippen LogP contribution in [0.2, 0.25) is 0 Å². The molecule has 0 aliphatic carbocycles. The van der Waals surface area contributed by atoms with E-state index in [1.165, 1.54) is 6.07 Å². The molecule has 1 unspecified atom stereocenters. The van der Waals surface area contributed by atoms with Gasteiger partial charge in [-0.3, -0.25) is 0 Å². The zero-order valence-corrected chi connectivity index (χ0v) is 9.29. The van der Waals surface area contributed by atoms with Crippen LogP contribution in [-0.4, -0.2) is 6.61 Å². The average Bonchev–Trinajstić information content (AvgIpc) is 2.26. The summed E-state index contributed by atoms with van der Waals surface area (Å²) in [5.74, 6) is 0.770. The lowest BCUT2D eigenvalue weighted by Crippen LogP contribution is -2.08. The van der Waals surface area contributed by atoms with Crippen molar-refractivity contribution in [3.05, 3.63) is 29.6 Å². The minimum absolute atomic E-state index is 0.220. The van der Waals surface area contributed by atoms with E-state index in [2.05, 4.69) is 13.8 Å². The quantitative estimate of drug-likeness (QED) is 0.812. The third-order valence-corrected chi connectivity index (χ3v) is 2.48. The van der Waals surface area contributed by atoms with Crippen LogP contribution < -0.4 is 10.5 Å². The van der Waals surface area contributed by atoms with Gasteiger partial charge in [0.25, 0.3) is 0 Å². The zero-order valence-electron chi connectivity index (χ0n) is 9.29. The Morgan fingerprint density at radius 1 is 1.47 bits per heavy atom. The van der Waals surface area contributed by atoms with Crippen molar-refractivity contribution in [3.8, 4) is 5.75 Å². The van der Waals surface area contributed by atoms with Crippen LogP contribution in [0.5, 0.6) is 5.75 Å². The molecule has 1 aromatic rings. The zero-order chi connectivity index (χ0) is 11.3. The smallest absolute Gasteiger partial charge is 0.131 e. The normalized spacial score (nSPS) is 12.5. The van der Waals surface area contributed by atoms with Gasteiger partial charge in [0.1, 0.15) is 11.6 Å². The second-order valence-electron chi connectivity index (χ2n) is 3.78. The van der Waals surface area contributed by atoms with E-state index in [9.17, 15) is 4.39 Å². The van der Waals surface area contributed by atoms with Gasteiger partial charge in [-0.05, 0) is 12.0 Å². The Balaban J connectivity index is 2.59. The lowest BCUT2D eigenvalue weighted by atomic mass is 10.1. The first-order chi connectivity index (χ1) is 7.17. The van der Waals surface area contributed by atoms with Gasteiger partial charge < -0.3 is 10.5 Å². The summed E-state index contributed by atoms with van der Waals surface area (Å²) >= 11 is 0. The van der Waals surface area contributed by atoms with Crippen LogP contribution in [0.3, 0.4) is 0 Å². The van der Waals surface area contributed by atoms with Gasteiger partial charge in [0.05, 0.1) is 6.61 Å². The molecule has 84 valence electrons. The number of benzene rings is 1. The first-order valence-corrected chi connectivity index (χ1v) is 5.28. The highest BCUT2D eigenvalue weighted by atomic mass is 19.1. The summed E-state index contributed by atoms with van der Waals surface area (Å²) in [5.41, 5.74) is 5.88. The average molecular weight is 211 g/mol. The van der Waals surface area contributed by atoms with Crippen LogP contribution in [0.4, 0.5) is 4.39 Å². The molecule has 0 aromatic heterocycles. The van der Waals surface area contributed by atoms with Gasteiger partial charge in [0, 0.05) is 18.2 Å². The van der Waals surface area contributed by atoms with Gasteiger partial charge >= 0.3 is 0 Å². The van der Waals surface area contributed by atoms with E-state index in [0.29, 0.717) is 23.8 Å². The maximum Gasteiger partial charge on any atom is 0.131 e. The SMILES string of the molecule is CCC(C)COc1ccc(CN)c(F)c1. The highest BCUT2D eigenvalue weighted by Gasteiger charge is 2.04. The van der Waals surface area contributed by atoms with Gasteiger partial charge in [-0.2, -0.15) is 0 Å². The Hall–Kier alpha value is -1.09. The highest BCUT2D eigenvalue weighted by molar-refractivity contribution is 5.28. The van der Waals surface area contributed by atoms with E-state index in [4.69, 9.17) is 10.5 Å². The number of hydrogen-bond acceptors (Lipinski definition) is 2. The van der Waals surface area contributed by atoms with Gasteiger partial charge in [0.15, 0.2) is 0 Å². The van der Waals surface area contributed by atoms with E-state index in [1.807, 2.05) is 0 Å². The predicted octanol–water partition coefficient (Wildman–Crippen LogP) is 2.71. The molecule has 0 radical (unpaired) electrons. The van der Waals surface area contributed by atoms with Crippen LogP contribution in [0, 0.1) is 11.7 Å². The fraction of sp³-hybridized carbons (Fsp3) is 0.500. The van der Waals surface area contributed by atoms with E-state index < -0.39 is 0 Å². The summed E-state index contributed by atoms with van der Waals surface area (Å²) in [5, 5.41) is 0. The molecule has 0 bridgehead atoms. The number of hydrogen-bond donors (Lipinski definition) is 1. The maximum absolute atomic E-state index is 13.3. The highest BCUT2D eigenvalue weighted by Crippen LogP contribution is 2.17. The third-order valence-electron chi connectivity index (χ3n) is 2.48. The molecular formula is C12H18FNO. The molecule has 0 aliphatic rings. The van der Waals surface area contributed by atoms with Crippen molar-refractivity contribution in [2.45, 2.75) is 26.8 Å². The molecule has 0 heterocycles. The molecule has 3 heteroatoms. The van der Waals surface area contributed by atoms with Crippen molar-refractivity contribution >= 4 is 0 Å². The number of rotatable bonds is 5. The minimum atomic E-state index is -0.292. The topological polar surface area (TPSA) is 35.2 Å². The van der Waals surface area contributed by atoms with Crippen molar-refractivity contribution < 1.29 is 9.13 Å². The number of ether oxygens (including phenoxy) is 1. The fourth-order valence-electron chi connectivity index (χ4n) is 1.14. The van der Waals surface area contributed by atoms with Crippen molar-refractivity contribution in [1.29, 1.82) is 0 Å². The van der Waals surface area contributed by atoms with E-state index in [1.54, 1.807) is 12.1 Å². The van der Waals surface area contributed by atoms with Gasteiger partial charge in [-0.1, -0.05) is 26.3 Å².